The molecular weight excluding hydrogens is 498 g/mol. The highest BCUT2D eigenvalue weighted by Gasteiger charge is 2.31. The number of esters is 1. The molecule has 0 aliphatic carbocycles. The van der Waals surface area contributed by atoms with E-state index in [1.807, 2.05) is 30.3 Å². The second-order valence-corrected chi connectivity index (χ2v) is 9.34. The van der Waals surface area contributed by atoms with Crippen LogP contribution in [0.5, 0.6) is 0 Å². The number of aromatic nitrogens is 2. The number of likely N-dealkylation sites (tertiary alicyclic amines) is 1. The number of thiazole rings is 1. The molecule has 0 saturated carbocycles. The van der Waals surface area contributed by atoms with Crippen LogP contribution in [0.25, 0.3) is 11.3 Å². The lowest BCUT2D eigenvalue weighted by Crippen LogP contribution is -2.42. The molecule has 37 heavy (non-hydrogen) atoms. The fraction of sp³-hybridized carbons (Fsp3) is 0.360. The van der Waals surface area contributed by atoms with E-state index in [-0.39, 0.29) is 24.1 Å². The number of aryl methyl sites for hydroxylation is 1. The van der Waals surface area contributed by atoms with Crippen LogP contribution in [0.3, 0.4) is 0 Å². The largest absolute Gasteiger partial charge is 0.466 e. The standard InChI is InChI=1S/C25H27N5O6S/c1-3-35-20(32)13-19(31)27-28-23(33)18-14-37-24(26-18)17-9-11-30(12-10-17)25(34)21-15(2)36-29-22(21)16-7-5-4-6-8-16/h4-8,14,17H,3,9-13H2,1-2H3,(H,27,31)(H,28,33). The van der Waals surface area contributed by atoms with Gasteiger partial charge in [0.2, 0.25) is 5.91 Å². The van der Waals surface area contributed by atoms with E-state index < -0.39 is 24.2 Å². The Labute approximate surface area is 217 Å². The molecule has 11 nitrogen and oxygen atoms in total. The van der Waals surface area contributed by atoms with Crippen LogP contribution < -0.4 is 10.9 Å². The van der Waals surface area contributed by atoms with Crippen molar-refractivity contribution >= 4 is 35.0 Å². The predicted molar refractivity (Wildman–Crippen MR) is 134 cm³/mol. The molecule has 4 rings (SSSR count). The Morgan fingerprint density at radius 2 is 1.86 bits per heavy atom. The van der Waals surface area contributed by atoms with E-state index in [1.54, 1.807) is 24.1 Å². The number of amides is 3. The molecule has 0 bridgehead atoms. The highest BCUT2D eigenvalue weighted by Crippen LogP contribution is 2.32. The zero-order chi connectivity index (χ0) is 26.4. The minimum Gasteiger partial charge on any atom is -0.466 e. The van der Waals surface area contributed by atoms with Gasteiger partial charge in [-0.25, -0.2) is 4.98 Å². The van der Waals surface area contributed by atoms with Gasteiger partial charge in [-0.1, -0.05) is 35.5 Å². The van der Waals surface area contributed by atoms with Gasteiger partial charge in [0.25, 0.3) is 11.8 Å². The van der Waals surface area contributed by atoms with Crippen molar-refractivity contribution in [3.8, 4) is 11.3 Å². The molecule has 1 fully saturated rings. The first-order chi connectivity index (χ1) is 17.9. The number of hydrogen-bond donors (Lipinski definition) is 2. The summed E-state index contributed by atoms with van der Waals surface area (Å²) in [6, 6.07) is 9.46. The number of hydrogen-bond acceptors (Lipinski definition) is 9. The molecule has 0 atom stereocenters. The van der Waals surface area contributed by atoms with E-state index in [0.29, 0.717) is 42.9 Å². The van der Waals surface area contributed by atoms with Gasteiger partial charge in [-0.2, -0.15) is 0 Å². The number of carbonyl (C=O) groups excluding carboxylic acids is 4. The number of piperidine rings is 1. The van der Waals surface area contributed by atoms with Crippen molar-refractivity contribution in [1.82, 2.24) is 25.9 Å². The van der Waals surface area contributed by atoms with Gasteiger partial charge < -0.3 is 14.2 Å². The van der Waals surface area contributed by atoms with Crippen LogP contribution in [-0.2, 0) is 14.3 Å². The Bertz CT molecular complexity index is 1280. The number of benzene rings is 1. The molecule has 1 saturated heterocycles. The molecule has 0 spiro atoms. The minimum absolute atomic E-state index is 0.103. The highest BCUT2D eigenvalue weighted by atomic mass is 32.1. The van der Waals surface area contributed by atoms with E-state index in [0.717, 1.165) is 10.6 Å². The Hall–Kier alpha value is -4.06. The van der Waals surface area contributed by atoms with Gasteiger partial charge >= 0.3 is 5.97 Å². The maximum Gasteiger partial charge on any atom is 0.315 e. The number of nitrogens with zero attached hydrogens (tertiary/aromatic N) is 3. The van der Waals surface area contributed by atoms with Crippen LogP contribution >= 0.6 is 11.3 Å². The third kappa shape index (κ3) is 6.20. The summed E-state index contributed by atoms with van der Waals surface area (Å²) in [6.45, 7) is 4.61. The fourth-order valence-electron chi connectivity index (χ4n) is 4.06. The molecule has 1 aromatic carbocycles. The SMILES string of the molecule is CCOC(=O)CC(=O)NNC(=O)c1csc(C2CCN(C(=O)c3c(-c4ccccc4)noc3C)CC2)n1. The summed E-state index contributed by atoms with van der Waals surface area (Å²) in [6.07, 6.45) is 0.901. The van der Waals surface area contributed by atoms with Crippen molar-refractivity contribution in [3.63, 3.8) is 0 Å². The third-order valence-electron chi connectivity index (χ3n) is 5.94. The lowest BCUT2D eigenvalue weighted by molar-refractivity contribution is -0.146. The van der Waals surface area contributed by atoms with Crippen molar-refractivity contribution in [3.05, 3.63) is 57.7 Å². The van der Waals surface area contributed by atoms with E-state index in [2.05, 4.69) is 21.0 Å². The van der Waals surface area contributed by atoms with E-state index in [1.165, 1.54) is 11.3 Å². The normalized spacial score (nSPS) is 13.7. The van der Waals surface area contributed by atoms with Crippen LogP contribution in [0, 0.1) is 6.92 Å². The zero-order valence-electron chi connectivity index (χ0n) is 20.5. The van der Waals surface area contributed by atoms with E-state index in [4.69, 9.17) is 9.26 Å². The van der Waals surface area contributed by atoms with Gasteiger partial charge in [-0.05, 0) is 26.7 Å². The monoisotopic (exact) mass is 525 g/mol. The fourth-order valence-corrected chi connectivity index (χ4v) is 5.03. The number of rotatable bonds is 7. The average molecular weight is 526 g/mol. The van der Waals surface area contributed by atoms with Gasteiger partial charge in [-0.15, -0.1) is 11.3 Å². The maximum absolute atomic E-state index is 13.3. The molecule has 1 aliphatic rings. The lowest BCUT2D eigenvalue weighted by Gasteiger charge is -2.31. The molecular formula is C25H27N5O6S. The van der Waals surface area contributed by atoms with Gasteiger partial charge in [0.05, 0.1) is 11.6 Å². The molecule has 0 radical (unpaired) electrons. The smallest absolute Gasteiger partial charge is 0.315 e. The molecule has 2 N–H and O–H groups in total. The third-order valence-corrected chi connectivity index (χ3v) is 6.94. The van der Waals surface area contributed by atoms with Crippen molar-refractivity contribution < 1.29 is 28.4 Å². The Balaban J connectivity index is 1.32. The molecule has 3 heterocycles. The van der Waals surface area contributed by atoms with Crippen LogP contribution in [0.1, 0.15) is 63.7 Å². The van der Waals surface area contributed by atoms with Crippen LogP contribution in [-0.4, -0.2) is 58.4 Å². The zero-order valence-corrected chi connectivity index (χ0v) is 21.3. The quantitative estimate of drug-likeness (QED) is 0.272. The average Bonchev–Trinajstić information content (AvgIpc) is 3.55. The molecule has 12 heteroatoms. The van der Waals surface area contributed by atoms with Crippen molar-refractivity contribution in [2.75, 3.05) is 19.7 Å². The Morgan fingerprint density at radius 1 is 1.14 bits per heavy atom. The Morgan fingerprint density at radius 3 is 2.57 bits per heavy atom. The first kappa shape index (κ1) is 26.0. The summed E-state index contributed by atoms with van der Waals surface area (Å²) in [4.78, 5) is 55.0. The Kier molecular flexibility index (Phi) is 8.29. The molecule has 0 unspecified atom stereocenters. The molecule has 3 aromatic rings. The van der Waals surface area contributed by atoms with Crippen LogP contribution in [0.4, 0.5) is 0 Å². The lowest BCUT2D eigenvalue weighted by atomic mass is 9.96. The second kappa shape index (κ2) is 11.8. The maximum atomic E-state index is 13.3. The second-order valence-electron chi connectivity index (χ2n) is 8.45. The summed E-state index contributed by atoms with van der Waals surface area (Å²) < 4.78 is 10.0. The molecule has 1 aliphatic heterocycles. The first-order valence-electron chi connectivity index (χ1n) is 11.9. The van der Waals surface area contributed by atoms with Gasteiger partial charge in [0.1, 0.15) is 29.1 Å². The summed E-state index contributed by atoms with van der Waals surface area (Å²) in [7, 11) is 0. The summed E-state index contributed by atoms with van der Waals surface area (Å²) in [5, 5.41) is 6.52. The summed E-state index contributed by atoms with van der Waals surface area (Å²) >= 11 is 1.36. The predicted octanol–water partition coefficient (Wildman–Crippen LogP) is 2.84. The highest BCUT2D eigenvalue weighted by molar-refractivity contribution is 7.09. The molecule has 3 amide bonds. The van der Waals surface area contributed by atoms with Gasteiger partial charge in [0, 0.05) is 30.0 Å². The number of ether oxygens (including phenoxy) is 1. The van der Waals surface area contributed by atoms with E-state index >= 15 is 0 Å². The summed E-state index contributed by atoms with van der Waals surface area (Å²) in [5.41, 5.74) is 6.44. The minimum atomic E-state index is -0.683. The van der Waals surface area contributed by atoms with Gasteiger partial charge in [0.15, 0.2) is 0 Å². The molecule has 2 aromatic heterocycles. The first-order valence-corrected chi connectivity index (χ1v) is 12.8. The number of hydrazine groups is 1. The van der Waals surface area contributed by atoms with Gasteiger partial charge in [-0.3, -0.25) is 30.0 Å². The molecule has 194 valence electrons. The van der Waals surface area contributed by atoms with Crippen molar-refractivity contribution in [2.45, 2.75) is 39.0 Å². The van der Waals surface area contributed by atoms with Crippen LogP contribution in [0.15, 0.2) is 40.2 Å². The topological polar surface area (TPSA) is 144 Å². The van der Waals surface area contributed by atoms with Crippen molar-refractivity contribution in [2.24, 2.45) is 0 Å². The number of nitrogens with one attached hydrogen (secondary N) is 2. The summed E-state index contributed by atoms with van der Waals surface area (Å²) in [5.74, 6) is -1.47. The van der Waals surface area contributed by atoms with Crippen molar-refractivity contribution in [1.29, 1.82) is 0 Å². The number of carbonyl (C=O) groups is 4. The van der Waals surface area contributed by atoms with E-state index in [9.17, 15) is 19.2 Å². The van der Waals surface area contributed by atoms with Crippen LogP contribution in [0.2, 0.25) is 0 Å².